The number of carbonyl (C=O) groups is 1. The first-order valence-corrected chi connectivity index (χ1v) is 6.81. The maximum Gasteiger partial charge on any atom is 0.274 e. The molecule has 0 saturated carbocycles. The van der Waals surface area contributed by atoms with Crippen molar-refractivity contribution < 1.29 is 19.0 Å². The molecule has 2 atom stereocenters. The SMILES string of the molecule is O=C(c1cccnn1)N1C[C@@H](O)[C@H](Oc2cccc(F)c2)C1. The molecule has 2 heterocycles. The van der Waals surface area contributed by atoms with Gasteiger partial charge in [0.1, 0.15) is 23.8 Å². The molecule has 1 amide bonds. The first kappa shape index (κ1) is 14.4. The molecule has 22 heavy (non-hydrogen) atoms. The van der Waals surface area contributed by atoms with E-state index in [-0.39, 0.29) is 24.7 Å². The second-order valence-corrected chi connectivity index (χ2v) is 5.00. The Balaban J connectivity index is 1.68. The summed E-state index contributed by atoms with van der Waals surface area (Å²) in [4.78, 5) is 13.7. The van der Waals surface area contributed by atoms with Gasteiger partial charge in [-0.05, 0) is 24.3 Å². The lowest BCUT2D eigenvalue weighted by Crippen LogP contribution is -2.31. The minimum atomic E-state index is -0.844. The second kappa shape index (κ2) is 6.07. The lowest BCUT2D eigenvalue weighted by Gasteiger charge is -2.17. The van der Waals surface area contributed by atoms with Crippen molar-refractivity contribution in [2.45, 2.75) is 12.2 Å². The normalized spacial score (nSPS) is 20.9. The predicted molar refractivity (Wildman–Crippen MR) is 74.8 cm³/mol. The van der Waals surface area contributed by atoms with Crippen LogP contribution < -0.4 is 4.74 Å². The number of carbonyl (C=O) groups excluding carboxylic acids is 1. The Kier molecular flexibility index (Phi) is 3.97. The van der Waals surface area contributed by atoms with Crippen molar-refractivity contribution in [3.63, 3.8) is 0 Å². The Morgan fingerprint density at radius 3 is 2.91 bits per heavy atom. The van der Waals surface area contributed by atoms with Crippen molar-refractivity contribution in [1.82, 2.24) is 15.1 Å². The molecule has 1 N–H and O–H groups in total. The number of rotatable bonds is 3. The van der Waals surface area contributed by atoms with Crippen LogP contribution in [0, 0.1) is 5.82 Å². The number of ether oxygens (including phenoxy) is 1. The average molecular weight is 303 g/mol. The molecule has 0 spiro atoms. The number of benzene rings is 1. The molecule has 0 radical (unpaired) electrons. The van der Waals surface area contributed by atoms with E-state index in [9.17, 15) is 14.3 Å². The number of amides is 1. The van der Waals surface area contributed by atoms with Crippen LogP contribution in [-0.2, 0) is 0 Å². The molecule has 114 valence electrons. The van der Waals surface area contributed by atoms with Gasteiger partial charge in [0.2, 0.25) is 0 Å². The number of hydrogen-bond acceptors (Lipinski definition) is 5. The van der Waals surface area contributed by atoms with Gasteiger partial charge >= 0.3 is 0 Å². The minimum absolute atomic E-state index is 0.134. The van der Waals surface area contributed by atoms with Gasteiger partial charge in [-0.3, -0.25) is 4.79 Å². The summed E-state index contributed by atoms with van der Waals surface area (Å²) in [7, 11) is 0. The van der Waals surface area contributed by atoms with E-state index < -0.39 is 18.0 Å². The zero-order chi connectivity index (χ0) is 15.5. The zero-order valence-corrected chi connectivity index (χ0v) is 11.6. The number of aromatic nitrogens is 2. The van der Waals surface area contributed by atoms with E-state index in [4.69, 9.17) is 4.74 Å². The Morgan fingerprint density at radius 1 is 1.32 bits per heavy atom. The highest BCUT2D eigenvalue weighted by molar-refractivity contribution is 5.92. The molecule has 1 aromatic carbocycles. The molecule has 0 bridgehead atoms. The van der Waals surface area contributed by atoms with E-state index in [0.29, 0.717) is 5.75 Å². The van der Waals surface area contributed by atoms with Crippen LogP contribution in [0.1, 0.15) is 10.5 Å². The molecule has 7 heteroatoms. The maximum atomic E-state index is 13.1. The number of halogens is 1. The third kappa shape index (κ3) is 3.04. The number of hydrogen-bond donors (Lipinski definition) is 1. The molecule has 0 aliphatic carbocycles. The zero-order valence-electron chi connectivity index (χ0n) is 11.6. The first-order valence-electron chi connectivity index (χ1n) is 6.81. The molecule has 1 aromatic heterocycles. The smallest absolute Gasteiger partial charge is 0.274 e. The van der Waals surface area contributed by atoms with Gasteiger partial charge in [0.25, 0.3) is 5.91 Å². The highest BCUT2D eigenvalue weighted by Crippen LogP contribution is 2.20. The lowest BCUT2D eigenvalue weighted by atomic mass is 10.2. The van der Waals surface area contributed by atoms with Gasteiger partial charge in [-0.1, -0.05) is 6.07 Å². The summed E-state index contributed by atoms with van der Waals surface area (Å²) in [5.41, 5.74) is 0.209. The van der Waals surface area contributed by atoms with Crippen molar-refractivity contribution in [3.8, 4) is 5.75 Å². The Labute approximate surface area is 126 Å². The fourth-order valence-electron chi connectivity index (χ4n) is 2.33. The van der Waals surface area contributed by atoms with E-state index in [1.807, 2.05) is 0 Å². The minimum Gasteiger partial charge on any atom is -0.486 e. The van der Waals surface area contributed by atoms with Gasteiger partial charge < -0.3 is 14.7 Å². The van der Waals surface area contributed by atoms with Crippen LogP contribution in [0.5, 0.6) is 5.75 Å². The van der Waals surface area contributed by atoms with Crippen LogP contribution in [0.25, 0.3) is 0 Å². The summed E-state index contributed by atoms with van der Waals surface area (Å²) in [6.07, 6.45) is 0.0252. The molecule has 3 rings (SSSR count). The van der Waals surface area contributed by atoms with Gasteiger partial charge in [0.15, 0.2) is 5.69 Å². The summed E-state index contributed by atoms with van der Waals surface area (Å²) in [6, 6.07) is 8.84. The van der Waals surface area contributed by atoms with Gasteiger partial charge in [0.05, 0.1) is 13.1 Å². The number of aliphatic hydroxyl groups excluding tert-OH is 1. The Bertz CT molecular complexity index is 668. The molecule has 1 aliphatic heterocycles. The number of nitrogens with zero attached hydrogens (tertiary/aromatic N) is 3. The van der Waals surface area contributed by atoms with Crippen LogP contribution in [-0.4, -0.2) is 51.4 Å². The quantitative estimate of drug-likeness (QED) is 0.911. The number of aliphatic hydroxyl groups is 1. The van der Waals surface area contributed by atoms with Gasteiger partial charge in [-0.15, -0.1) is 5.10 Å². The highest BCUT2D eigenvalue weighted by atomic mass is 19.1. The van der Waals surface area contributed by atoms with Crippen LogP contribution in [0.2, 0.25) is 0 Å². The number of β-amino-alcohol motifs (C(OH)–C–C–N with tert-alkyl or cyclic N) is 1. The van der Waals surface area contributed by atoms with Crippen LogP contribution in [0.3, 0.4) is 0 Å². The first-order chi connectivity index (χ1) is 10.6. The molecule has 1 fully saturated rings. The summed E-state index contributed by atoms with van der Waals surface area (Å²) in [5.74, 6) is -0.423. The lowest BCUT2D eigenvalue weighted by molar-refractivity contribution is 0.0726. The van der Waals surface area contributed by atoms with Crippen LogP contribution >= 0.6 is 0 Å². The van der Waals surface area contributed by atoms with E-state index >= 15 is 0 Å². The second-order valence-electron chi connectivity index (χ2n) is 5.00. The molecule has 1 aliphatic rings. The molecular formula is C15H14FN3O3. The molecule has 6 nitrogen and oxygen atoms in total. The van der Waals surface area contributed by atoms with E-state index in [1.165, 1.54) is 29.3 Å². The van der Waals surface area contributed by atoms with Crippen LogP contribution in [0.4, 0.5) is 4.39 Å². The van der Waals surface area contributed by atoms with E-state index in [2.05, 4.69) is 10.2 Å². The summed E-state index contributed by atoms with van der Waals surface area (Å²) in [5, 5.41) is 17.5. The third-order valence-electron chi connectivity index (χ3n) is 3.40. The Hall–Kier alpha value is -2.54. The number of likely N-dealkylation sites (tertiary alicyclic amines) is 1. The van der Waals surface area contributed by atoms with Crippen molar-refractivity contribution >= 4 is 5.91 Å². The topological polar surface area (TPSA) is 75.6 Å². The van der Waals surface area contributed by atoms with Gasteiger partial charge in [-0.2, -0.15) is 5.10 Å². The largest absolute Gasteiger partial charge is 0.486 e. The highest BCUT2D eigenvalue weighted by Gasteiger charge is 2.36. The van der Waals surface area contributed by atoms with E-state index in [0.717, 1.165) is 0 Å². The molecular weight excluding hydrogens is 289 g/mol. The summed E-state index contributed by atoms with van der Waals surface area (Å²) >= 11 is 0. The molecule has 0 unspecified atom stereocenters. The fraction of sp³-hybridized carbons (Fsp3) is 0.267. The fourth-order valence-corrected chi connectivity index (χ4v) is 2.33. The van der Waals surface area contributed by atoms with Crippen molar-refractivity contribution in [2.75, 3.05) is 13.1 Å². The maximum absolute atomic E-state index is 13.1. The van der Waals surface area contributed by atoms with Gasteiger partial charge in [0, 0.05) is 12.3 Å². The molecule has 2 aromatic rings. The Morgan fingerprint density at radius 2 is 2.18 bits per heavy atom. The third-order valence-corrected chi connectivity index (χ3v) is 3.40. The summed E-state index contributed by atoms with van der Waals surface area (Å²) in [6.45, 7) is 0.336. The van der Waals surface area contributed by atoms with Crippen molar-refractivity contribution in [2.24, 2.45) is 0 Å². The predicted octanol–water partition coefficient (Wildman–Crippen LogP) is 0.880. The van der Waals surface area contributed by atoms with Gasteiger partial charge in [-0.25, -0.2) is 4.39 Å². The standard InChI is InChI=1S/C15H14FN3O3/c16-10-3-1-4-11(7-10)22-14-9-19(8-13(14)20)15(21)12-5-2-6-17-18-12/h1-7,13-14,20H,8-9H2/t13-,14-/m1/s1. The van der Waals surface area contributed by atoms with Crippen molar-refractivity contribution in [1.29, 1.82) is 0 Å². The van der Waals surface area contributed by atoms with E-state index in [1.54, 1.807) is 18.2 Å². The average Bonchev–Trinajstić information content (AvgIpc) is 2.88. The van der Waals surface area contributed by atoms with Crippen LogP contribution in [0.15, 0.2) is 42.6 Å². The van der Waals surface area contributed by atoms with Crippen molar-refractivity contribution in [3.05, 3.63) is 54.1 Å². The monoisotopic (exact) mass is 303 g/mol. The molecule has 1 saturated heterocycles. The summed E-state index contributed by atoms with van der Waals surface area (Å²) < 4.78 is 18.7.